The maximum atomic E-state index is 12.6. The minimum atomic E-state index is -3.36. The molecular formula is C17H29N5O3S. The molecule has 1 aromatic heterocycles. The minimum absolute atomic E-state index is 0.0888. The summed E-state index contributed by atoms with van der Waals surface area (Å²) in [5.41, 5.74) is 3.20. The molecule has 0 unspecified atom stereocenters. The summed E-state index contributed by atoms with van der Waals surface area (Å²) in [6.07, 6.45) is 2.98. The lowest BCUT2D eigenvalue weighted by Crippen LogP contribution is -2.53. The third-order valence-electron chi connectivity index (χ3n) is 5.56. The largest absolute Gasteiger partial charge is 0.340 e. The number of piperazine rings is 1. The van der Waals surface area contributed by atoms with Gasteiger partial charge >= 0.3 is 0 Å². The van der Waals surface area contributed by atoms with Gasteiger partial charge in [-0.3, -0.25) is 9.48 Å². The highest BCUT2D eigenvalue weighted by molar-refractivity contribution is 7.86. The predicted octanol–water partition coefficient (Wildman–Crippen LogP) is 0.454. The van der Waals surface area contributed by atoms with E-state index >= 15 is 0 Å². The zero-order chi connectivity index (χ0) is 18.9. The van der Waals surface area contributed by atoms with Gasteiger partial charge in [-0.15, -0.1) is 0 Å². The third-order valence-corrected chi connectivity index (χ3v) is 7.59. The third kappa shape index (κ3) is 3.79. The van der Waals surface area contributed by atoms with Crippen LogP contribution in [0.25, 0.3) is 0 Å². The second kappa shape index (κ2) is 7.66. The van der Waals surface area contributed by atoms with E-state index in [-0.39, 0.29) is 5.91 Å². The Labute approximate surface area is 155 Å². The van der Waals surface area contributed by atoms with Crippen LogP contribution in [0, 0.1) is 13.8 Å². The Morgan fingerprint density at radius 3 is 2.12 bits per heavy atom. The molecule has 2 aliphatic heterocycles. The van der Waals surface area contributed by atoms with E-state index in [9.17, 15) is 13.2 Å². The van der Waals surface area contributed by atoms with Crippen LogP contribution < -0.4 is 0 Å². The molecule has 8 nitrogen and oxygen atoms in total. The molecule has 1 aromatic rings. The van der Waals surface area contributed by atoms with E-state index in [1.807, 2.05) is 25.6 Å². The van der Waals surface area contributed by atoms with Gasteiger partial charge in [0.1, 0.15) is 0 Å². The summed E-state index contributed by atoms with van der Waals surface area (Å²) < 4.78 is 30.1. The first kappa shape index (κ1) is 19.3. The van der Waals surface area contributed by atoms with Gasteiger partial charge in [-0.1, -0.05) is 0 Å². The Balaban J connectivity index is 1.52. The molecule has 2 fully saturated rings. The molecule has 0 atom stereocenters. The molecule has 2 saturated heterocycles. The molecule has 0 N–H and O–H groups in total. The van der Waals surface area contributed by atoms with Crippen LogP contribution in [0.3, 0.4) is 0 Å². The number of carbonyl (C=O) groups excluding carboxylic acids is 1. The number of amides is 1. The first-order valence-corrected chi connectivity index (χ1v) is 10.7. The zero-order valence-electron chi connectivity index (χ0n) is 15.9. The number of nitrogens with zero attached hydrogens (tertiary/aromatic N) is 5. The maximum Gasteiger partial charge on any atom is 0.282 e. The normalized spacial score (nSPS) is 20.0. The number of rotatable bonds is 5. The topological polar surface area (TPSA) is 78.8 Å². The summed E-state index contributed by atoms with van der Waals surface area (Å²) in [7, 11) is -1.45. The monoisotopic (exact) mass is 383 g/mol. The van der Waals surface area contributed by atoms with Crippen molar-refractivity contribution >= 4 is 16.1 Å². The molecule has 0 aromatic carbocycles. The summed E-state index contributed by atoms with van der Waals surface area (Å²) in [4.78, 5) is 14.3. The molecule has 1 amide bonds. The molecule has 0 spiro atoms. The lowest BCUT2D eigenvalue weighted by atomic mass is 10.1. The van der Waals surface area contributed by atoms with Crippen molar-refractivity contribution in [1.82, 2.24) is 23.3 Å². The minimum Gasteiger partial charge on any atom is -0.340 e. The van der Waals surface area contributed by atoms with Crippen molar-refractivity contribution < 1.29 is 13.2 Å². The van der Waals surface area contributed by atoms with Gasteiger partial charge in [-0.2, -0.15) is 22.1 Å². The van der Waals surface area contributed by atoms with Crippen LogP contribution in [0.5, 0.6) is 0 Å². The lowest BCUT2D eigenvalue weighted by Gasteiger charge is -2.35. The summed E-state index contributed by atoms with van der Waals surface area (Å²) in [5, 5.41) is 4.39. The first-order chi connectivity index (χ1) is 12.3. The van der Waals surface area contributed by atoms with E-state index in [4.69, 9.17) is 0 Å². The van der Waals surface area contributed by atoms with Crippen molar-refractivity contribution in [3.05, 3.63) is 17.0 Å². The fraction of sp³-hybridized carbons (Fsp3) is 0.765. The van der Waals surface area contributed by atoms with Crippen LogP contribution in [-0.4, -0.2) is 76.9 Å². The molecule has 3 rings (SSSR count). The maximum absolute atomic E-state index is 12.6. The molecule has 0 radical (unpaired) electrons. The molecular weight excluding hydrogens is 354 g/mol. The Morgan fingerprint density at radius 1 is 1.00 bits per heavy atom. The Hall–Kier alpha value is -1.45. The standard InChI is InChI=1S/C17H29N5O3S/c1-14-16(15(2)19(3)18-14)6-7-17(23)20-10-12-22(13-11-20)26(24,25)21-8-4-5-9-21/h4-13H2,1-3H3. The Morgan fingerprint density at radius 2 is 1.58 bits per heavy atom. The van der Waals surface area contributed by atoms with Crippen LogP contribution in [0.15, 0.2) is 0 Å². The summed E-state index contributed by atoms with van der Waals surface area (Å²) in [5.74, 6) is 0.0888. The summed E-state index contributed by atoms with van der Waals surface area (Å²) in [6.45, 7) is 6.92. The molecule has 9 heteroatoms. The molecule has 0 saturated carbocycles. The summed E-state index contributed by atoms with van der Waals surface area (Å²) >= 11 is 0. The molecule has 0 aliphatic carbocycles. The van der Waals surface area contributed by atoms with E-state index < -0.39 is 10.2 Å². The van der Waals surface area contributed by atoms with Gasteiger partial charge in [-0.05, 0) is 38.7 Å². The average molecular weight is 384 g/mol. The average Bonchev–Trinajstić information content (AvgIpc) is 3.24. The molecule has 26 heavy (non-hydrogen) atoms. The second-order valence-electron chi connectivity index (χ2n) is 7.17. The van der Waals surface area contributed by atoms with Crippen LogP contribution in [0.2, 0.25) is 0 Å². The summed E-state index contributed by atoms with van der Waals surface area (Å²) in [6, 6.07) is 0. The number of carbonyl (C=O) groups is 1. The van der Waals surface area contributed by atoms with Gasteiger partial charge in [0.15, 0.2) is 0 Å². The lowest BCUT2D eigenvalue weighted by molar-refractivity contribution is -0.132. The Bertz CT molecular complexity index is 760. The van der Waals surface area contributed by atoms with Crippen LogP contribution in [-0.2, 0) is 28.5 Å². The van der Waals surface area contributed by atoms with E-state index in [2.05, 4.69) is 5.10 Å². The Kier molecular flexibility index (Phi) is 5.69. The van der Waals surface area contributed by atoms with Crippen molar-refractivity contribution in [3.8, 4) is 0 Å². The van der Waals surface area contributed by atoms with Crippen molar-refractivity contribution in [2.75, 3.05) is 39.3 Å². The van der Waals surface area contributed by atoms with Gasteiger partial charge in [0.2, 0.25) is 5.91 Å². The molecule has 146 valence electrons. The first-order valence-electron chi connectivity index (χ1n) is 9.33. The van der Waals surface area contributed by atoms with Gasteiger partial charge in [0.25, 0.3) is 10.2 Å². The predicted molar refractivity (Wildman–Crippen MR) is 98.9 cm³/mol. The van der Waals surface area contributed by atoms with Gasteiger partial charge in [0, 0.05) is 58.4 Å². The number of hydrogen-bond acceptors (Lipinski definition) is 4. The quantitative estimate of drug-likeness (QED) is 0.740. The van der Waals surface area contributed by atoms with Crippen molar-refractivity contribution in [3.63, 3.8) is 0 Å². The highest BCUT2D eigenvalue weighted by atomic mass is 32.2. The van der Waals surface area contributed by atoms with Crippen LogP contribution >= 0.6 is 0 Å². The number of aryl methyl sites for hydroxylation is 2. The van der Waals surface area contributed by atoms with E-state index in [1.165, 1.54) is 4.31 Å². The van der Waals surface area contributed by atoms with E-state index in [1.54, 1.807) is 9.21 Å². The van der Waals surface area contributed by atoms with Gasteiger partial charge < -0.3 is 4.90 Å². The van der Waals surface area contributed by atoms with Crippen molar-refractivity contribution in [2.45, 2.75) is 39.5 Å². The van der Waals surface area contributed by atoms with Crippen LogP contribution in [0.1, 0.15) is 36.2 Å². The van der Waals surface area contributed by atoms with E-state index in [0.29, 0.717) is 52.1 Å². The number of aromatic nitrogens is 2. The molecule has 0 bridgehead atoms. The van der Waals surface area contributed by atoms with Gasteiger partial charge in [0.05, 0.1) is 5.69 Å². The van der Waals surface area contributed by atoms with Crippen molar-refractivity contribution in [1.29, 1.82) is 0 Å². The SMILES string of the molecule is Cc1nn(C)c(C)c1CCC(=O)N1CCN(S(=O)(=O)N2CCCC2)CC1. The second-order valence-corrected chi connectivity index (χ2v) is 9.10. The number of hydrogen-bond donors (Lipinski definition) is 0. The van der Waals surface area contributed by atoms with E-state index in [0.717, 1.165) is 29.8 Å². The zero-order valence-corrected chi connectivity index (χ0v) is 16.8. The molecule has 2 aliphatic rings. The highest BCUT2D eigenvalue weighted by Gasteiger charge is 2.34. The highest BCUT2D eigenvalue weighted by Crippen LogP contribution is 2.19. The molecule has 3 heterocycles. The fourth-order valence-corrected chi connectivity index (χ4v) is 5.49. The van der Waals surface area contributed by atoms with Crippen LogP contribution in [0.4, 0.5) is 0 Å². The smallest absolute Gasteiger partial charge is 0.282 e. The van der Waals surface area contributed by atoms with Gasteiger partial charge in [-0.25, -0.2) is 0 Å². The fourth-order valence-electron chi connectivity index (χ4n) is 3.82. The van der Waals surface area contributed by atoms with Crippen molar-refractivity contribution in [2.24, 2.45) is 7.05 Å².